The molecule has 1 aliphatic carbocycles. The summed E-state index contributed by atoms with van der Waals surface area (Å²) in [4.78, 5) is 0. The van der Waals surface area contributed by atoms with Crippen LogP contribution in [0.15, 0.2) is 42.5 Å². The van der Waals surface area contributed by atoms with E-state index in [0.717, 1.165) is 29.7 Å². The molecule has 0 aliphatic heterocycles. The van der Waals surface area contributed by atoms with Crippen molar-refractivity contribution >= 4 is 0 Å². The first-order chi connectivity index (χ1) is 10.1. The SMILES string of the molecule is NCC1(C(O)c2c(F)cccc2F)CCc2ccccc21. The first kappa shape index (κ1) is 14.2. The average molecular weight is 289 g/mol. The van der Waals surface area contributed by atoms with E-state index in [-0.39, 0.29) is 12.1 Å². The normalized spacial score (nSPS) is 22.1. The van der Waals surface area contributed by atoms with E-state index >= 15 is 0 Å². The third-order valence-electron chi connectivity index (χ3n) is 4.56. The van der Waals surface area contributed by atoms with E-state index in [1.807, 2.05) is 24.3 Å². The Morgan fingerprint density at radius 1 is 1.10 bits per heavy atom. The second kappa shape index (κ2) is 5.20. The first-order valence-corrected chi connectivity index (χ1v) is 7.00. The number of aryl methyl sites for hydroxylation is 1. The van der Waals surface area contributed by atoms with Crippen LogP contribution in [0.5, 0.6) is 0 Å². The second-order valence-electron chi connectivity index (χ2n) is 5.56. The maximum absolute atomic E-state index is 14.0. The summed E-state index contributed by atoms with van der Waals surface area (Å²) in [6.07, 6.45) is 0.0329. The zero-order valence-corrected chi connectivity index (χ0v) is 11.5. The molecule has 2 aromatic rings. The summed E-state index contributed by atoms with van der Waals surface area (Å²) >= 11 is 0. The second-order valence-corrected chi connectivity index (χ2v) is 5.56. The lowest BCUT2D eigenvalue weighted by molar-refractivity contribution is 0.0771. The predicted octanol–water partition coefficient (Wildman–Crippen LogP) is 2.84. The average Bonchev–Trinajstić information content (AvgIpc) is 2.87. The Morgan fingerprint density at radius 3 is 2.43 bits per heavy atom. The van der Waals surface area contributed by atoms with Gasteiger partial charge in [0.2, 0.25) is 0 Å². The molecule has 0 heterocycles. The standard InChI is InChI=1S/C17H17F2NO/c18-13-6-3-7-14(19)15(13)16(21)17(10-20)9-8-11-4-1-2-5-12(11)17/h1-7,16,21H,8-10,20H2. The largest absolute Gasteiger partial charge is 0.387 e. The fourth-order valence-electron chi connectivity index (χ4n) is 3.37. The van der Waals surface area contributed by atoms with Gasteiger partial charge in [-0.15, -0.1) is 0 Å². The molecule has 0 fully saturated rings. The molecule has 0 spiro atoms. The smallest absolute Gasteiger partial charge is 0.131 e. The van der Waals surface area contributed by atoms with Crippen molar-refractivity contribution in [1.82, 2.24) is 0 Å². The van der Waals surface area contributed by atoms with Gasteiger partial charge in [0.25, 0.3) is 0 Å². The Hall–Kier alpha value is -1.78. The number of hydrogen-bond donors (Lipinski definition) is 2. The highest BCUT2D eigenvalue weighted by Crippen LogP contribution is 2.47. The number of aliphatic hydroxyl groups excluding tert-OH is 1. The number of benzene rings is 2. The van der Waals surface area contributed by atoms with Crippen molar-refractivity contribution in [3.8, 4) is 0 Å². The van der Waals surface area contributed by atoms with Crippen LogP contribution in [-0.4, -0.2) is 11.7 Å². The van der Waals surface area contributed by atoms with Gasteiger partial charge in [0.1, 0.15) is 11.6 Å². The molecule has 2 aromatic carbocycles. The van der Waals surface area contributed by atoms with E-state index in [1.54, 1.807) is 0 Å². The van der Waals surface area contributed by atoms with Crippen molar-refractivity contribution in [3.05, 3.63) is 70.8 Å². The van der Waals surface area contributed by atoms with Gasteiger partial charge < -0.3 is 10.8 Å². The third-order valence-corrected chi connectivity index (χ3v) is 4.56. The number of hydrogen-bond acceptors (Lipinski definition) is 2. The molecular weight excluding hydrogens is 272 g/mol. The van der Waals surface area contributed by atoms with Crippen LogP contribution in [0.1, 0.15) is 29.2 Å². The van der Waals surface area contributed by atoms with Crippen molar-refractivity contribution in [3.63, 3.8) is 0 Å². The molecule has 4 heteroatoms. The van der Waals surface area contributed by atoms with E-state index in [2.05, 4.69) is 0 Å². The van der Waals surface area contributed by atoms with E-state index in [9.17, 15) is 13.9 Å². The molecule has 110 valence electrons. The predicted molar refractivity (Wildman–Crippen MR) is 76.8 cm³/mol. The van der Waals surface area contributed by atoms with Crippen LogP contribution in [0.25, 0.3) is 0 Å². The van der Waals surface area contributed by atoms with Crippen LogP contribution < -0.4 is 5.73 Å². The quantitative estimate of drug-likeness (QED) is 0.912. The summed E-state index contributed by atoms with van der Waals surface area (Å²) in [6.45, 7) is 0.138. The van der Waals surface area contributed by atoms with Crippen LogP contribution in [0.2, 0.25) is 0 Å². The van der Waals surface area contributed by atoms with Gasteiger partial charge in [-0.3, -0.25) is 0 Å². The maximum Gasteiger partial charge on any atom is 0.131 e. The minimum absolute atomic E-state index is 0.138. The summed E-state index contributed by atoms with van der Waals surface area (Å²) in [6, 6.07) is 11.2. The summed E-state index contributed by atoms with van der Waals surface area (Å²) in [5.41, 5.74) is 6.76. The fraction of sp³-hybridized carbons (Fsp3) is 0.294. The van der Waals surface area contributed by atoms with Gasteiger partial charge in [-0.2, -0.15) is 0 Å². The Balaban J connectivity index is 2.14. The zero-order valence-electron chi connectivity index (χ0n) is 11.5. The van der Waals surface area contributed by atoms with E-state index < -0.39 is 23.2 Å². The van der Waals surface area contributed by atoms with Gasteiger partial charge in [-0.05, 0) is 36.1 Å². The fourth-order valence-corrected chi connectivity index (χ4v) is 3.37. The molecule has 0 amide bonds. The van der Waals surface area contributed by atoms with Crippen molar-refractivity contribution in [2.24, 2.45) is 5.73 Å². The van der Waals surface area contributed by atoms with Crippen molar-refractivity contribution in [2.75, 3.05) is 6.54 Å². The Morgan fingerprint density at radius 2 is 1.76 bits per heavy atom. The van der Waals surface area contributed by atoms with E-state index in [0.29, 0.717) is 6.42 Å². The summed E-state index contributed by atoms with van der Waals surface area (Å²) < 4.78 is 28.0. The highest BCUT2D eigenvalue weighted by Gasteiger charge is 2.45. The van der Waals surface area contributed by atoms with Crippen LogP contribution in [0.3, 0.4) is 0 Å². The summed E-state index contributed by atoms with van der Waals surface area (Å²) in [5.74, 6) is -1.47. The van der Waals surface area contributed by atoms with E-state index in [1.165, 1.54) is 6.07 Å². The highest BCUT2D eigenvalue weighted by molar-refractivity contribution is 5.43. The zero-order chi connectivity index (χ0) is 15.0. The summed E-state index contributed by atoms with van der Waals surface area (Å²) in [5, 5.41) is 10.7. The molecule has 2 nitrogen and oxygen atoms in total. The number of fused-ring (bicyclic) bond motifs is 1. The van der Waals surface area contributed by atoms with Gasteiger partial charge in [0.15, 0.2) is 0 Å². The van der Waals surface area contributed by atoms with Gasteiger partial charge >= 0.3 is 0 Å². The monoisotopic (exact) mass is 289 g/mol. The molecule has 2 atom stereocenters. The molecule has 0 aromatic heterocycles. The molecule has 3 N–H and O–H groups in total. The molecule has 3 rings (SSSR count). The van der Waals surface area contributed by atoms with Gasteiger partial charge in [-0.1, -0.05) is 30.3 Å². The van der Waals surface area contributed by atoms with Crippen LogP contribution >= 0.6 is 0 Å². The first-order valence-electron chi connectivity index (χ1n) is 7.00. The number of nitrogens with two attached hydrogens (primary N) is 1. The lowest BCUT2D eigenvalue weighted by atomic mass is 9.74. The minimum Gasteiger partial charge on any atom is -0.387 e. The third kappa shape index (κ3) is 2.06. The van der Waals surface area contributed by atoms with Gasteiger partial charge in [-0.25, -0.2) is 8.78 Å². The van der Waals surface area contributed by atoms with Crippen molar-refractivity contribution < 1.29 is 13.9 Å². The van der Waals surface area contributed by atoms with Gasteiger partial charge in [0, 0.05) is 12.0 Å². The molecular formula is C17H17F2NO. The Kier molecular flexibility index (Phi) is 3.51. The molecule has 21 heavy (non-hydrogen) atoms. The van der Waals surface area contributed by atoms with Crippen LogP contribution in [0.4, 0.5) is 8.78 Å². The molecule has 0 bridgehead atoms. The lowest BCUT2D eigenvalue weighted by Gasteiger charge is -2.34. The lowest BCUT2D eigenvalue weighted by Crippen LogP contribution is -2.40. The van der Waals surface area contributed by atoms with Crippen LogP contribution in [0, 0.1) is 11.6 Å². The van der Waals surface area contributed by atoms with Crippen molar-refractivity contribution in [1.29, 1.82) is 0 Å². The van der Waals surface area contributed by atoms with Crippen molar-refractivity contribution in [2.45, 2.75) is 24.4 Å². The topological polar surface area (TPSA) is 46.2 Å². The molecule has 1 aliphatic rings. The minimum atomic E-state index is -1.30. The van der Waals surface area contributed by atoms with Crippen LogP contribution in [-0.2, 0) is 11.8 Å². The Labute approximate surface area is 122 Å². The summed E-state index contributed by atoms with van der Waals surface area (Å²) in [7, 11) is 0. The number of halogens is 2. The molecule has 0 saturated carbocycles. The molecule has 0 saturated heterocycles. The number of rotatable bonds is 3. The van der Waals surface area contributed by atoms with E-state index in [4.69, 9.17) is 5.73 Å². The number of aliphatic hydroxyl groups is 1. The molecule has 2 unspecified atom stereocenters. The highest BCUT2D eigenvalue weighted by atomic mass is 19.1. The molecule has 0 radical (unpaired) electrons. The van der Waals surface area contributed by atoms with Gasteiger partial charge in [0.05, 0.1) is 11.7 Å². The Bertz CT molecular complexity index is 653. The maximum atomic E-state index is 14.0.